The van der Waals surface area contributed by atoms with Crippen molar-refractivity contribution in [1.29, 1.82) is 0 Å². The lowest BCUT2D eigenvalue weighted by molar-refractivity contribution is 0.233. The molecule has 0 spiro atoms. The van der Waals surface area contributed by atoms with Gasteiger partial charge in [-0.3, -0.25) is 4.90 Å². The average Bonchev–Trinajstić information content (AvgIpc) is 2.23. The molecule has 0 saturated carbocycles. The first-order valence-corrected chi connectivity index (χ1v) is 4.88. The molecule has 0 aliphatic carbocycles. The van der Waals surface area contributed by atoms with Crippen LogP contribution in [0.5, 0.6) is 0 Å². The number of rotatable bonds is 2. The third kappa shape index (κ3) is 2.49. The molecule has 1 aliphatic heterocycles. The lowest BCUT2D eigenvalue weighted by Gasteiger charge is -2.26. The summed E-state index contributed by atoms with van der Waals surface area (Å²) in [7, 11) is 0. The normalized spacial score (nSPS) is 18.4. The van der Waals surface area contributed by atoms with Crippen LogP contribution in [0.2, 0.25) is 0 Å². The van der Waals surface area contributed by atoms with Gasteiger partial charge in [-0.1, -0.05) is 6.07 Å². The molecule has 0 unspecified atom stereocenters. The molecule has 4 heteroatoms. The molecule has 2 rings (SSSR count). The van der Waals surface area contributed by atoms with Gasteiger partial charge in [-0.25, -0.2) is 4.98 Å². The van der Waals surface area contributed by atoms with Crippen LogP contribution >= 0.6 is 0 Å². The van der Waals surface area contributed by atoms with Gasteiger partial charge in [-0.15, -0.1) is 0 Å². The van der Waals surface area contributed by atoms with Gasteiger partial charge in [0.05, 0.1) is 0 Å². The first-order chi connectivity index (χ1) is 6.84. The number of halogens is 1. The van der Waals surface area contributed by atoms with Crippen molar-refractivity contribution in [2.24, 2.45) is 0 Å². The highest BCUT2D eigenvalue weighted by molar-refractivity contribution is 5.09. The van der Waals surface area contributed by atoms with Crippen molar-refractivity contribution in [3.63, 3.8) is 0 Å². The molecular formula is C10H14FN3. The van der Waals surface area contributed by atoms with Crippen LogP contribution in [0.15, 0.2) is 18.3 Å². The van der Waals surface area contributed by atoms with Crippen LogP contribution in [0.25, 0.3) is 0 Å². The van der Waals surface area contributed by atoms with Gasteiger partial charge in [0.2, 0.25) is 5.95 Å². The summed E-state index contributed by atoms with van der Waals surface area (Å²) in [6.45, 7) is 5.05. The molecular weight excluding hydrogens is 181 g/mol. The quantitative estimate of drug-likeness (QED) is 0.701. The Kier molecular flexibility index (Phi) is 3.06. The summed E-state index contributed by atoms with van der Waals surface area (Å²) < 4.78 is 12.5. The number of nitrogens with zero attached hydrogens (tertiary/aromatic N) is 2. The number of hydrogen-bond acceptors (Lipinski definition) is 3. The molecule has 1 aromatic rings. The van der Waals surface area contributed by atoms with Gasteiger partial charge in [-0.05, 0) is 11.6 Å². The Bertz CT molecular complexity index is 280. The fraction of sp³-hybridized carbons (Fsp3) is 0.500. The molecule has 3 nitrogen and oxygen atoms in total. The van der Waals surface area contributed by atoms with Gasteiger partial charge in [0.1, 0.15) is 0 Å². The van der Waals surface area contributed by atoms with Crippen molar-refractivity contribution in [3.05, 3.63) is 29.8 Å². The zero-order valence-electron chi connectivity index (χ0n) is 8.04. The Morgan fingerprint density at radius 3 is 2.79 bits per heavy atom. The smallest absolute Gasteiger partial charge is 0.212 e. The van der Waals surface area contributed by atoms with Gasteiger partial charge in [0, 0.05) is 38.9 Å². The van der Waals surface area contributed by atoms with Crippen molar-refractivity contribution >= 4 is 0 Å². The lowest BCUT2D eigenvalue weighted by Crippen LogP contribution is -2.42. The second-order valence-electron chi connectivity index (χ2n) is 3.52. The summed E-state index contributed by atoms with van der Waals surface area (Å²) in [5.74, 6) is -0.408. The molecule has 0 amide bonds. The van der Waals surface area contributed by atoms with E-state index in [0.717, 1.165) is 38.3 Å². The van der Waals surface area contributed by atoms with E-state index in [0.29, 0.717) is 0 Å². The van der Waals surface area contributed by atoms with Gasteiger partial charge < -0.3 is 5.32 Å². The third-order valence-corrected chi connectivity index (χ3v) is 2.40. The fourth-order valence-corrected chi connectivity index (χ4v) is 1.63. The second kappa shape index (κ2) is 4.48. The second-order valence-corrected chi connectivity index (χ2v) is 3.52. The zero-order chi connectivity index (χ0) is 9.80. The molecule has 1 aliphatic rings. The molecule has 0 aromatic carbocycles. The monoisotopic (exact) mass is 195 g/mol. The third-order valence-electron chi connectivity index (χ3n) is 2.40. The maximum absolute atomic E-state index is 12.5. The van der Waals surface area contributed by atoms with E-state index in [1.807, 2.05) is 0 Å². The van der Waals surface area contributed by atoms with Crippen LogP contribution in [0.1, 0.15) is 5.56 Å². The standard InChI is InChI=1S/C10H14FN3/c11-10-2-1-9(7-13-10)8-14-5-3-12-4-6-14/h1-2,7,12H,3-6,8H2. The van der Waals surface area contributed by atoms with Crippen LogP contribution in [0.4, 0.5) is 4.39 Å². The van der Waals surface area contributed by atoms with Crippen LogP contribution in [0, 0.1) is 5.95 Å². The van der Waals surface area contributed by atoms with E-state index in [1.165, 1.54) is 6.07 Å². The first-order valence-electron chi connectivity index (χ1n) is 4.88. The number of hydrogen-bond donors (Lipinski definition) is 1. The molecule has 1 aromatic heterocycles. The Morgan fingerprint density at radius 1 is 1.36 bits per heavy atom. The minimum absolute atomic E-state index is 0.408. The van der Waals surface area contributed by atoms with Crippen molar-refractivity contribution in [3.8, 4) is 0 Å². The number of nitrogens with one attached hydrogen (secondary N) is 1. The van der Waals surface area contributed by atoms with Gasteiger partial charge >= 0.3 is 0 Å². The summed E-state index contributed by atoms with van der Waals surface area (Å²) in [5.41, 5.74) is 1.08. The summed E-state index contributed by atoms with van der Waals surface area (Å²) >= 11 is 0. The van der Waals surface area contributed by atoms with E-state index in [9.17, 15) is 4.39 Å². The zero-order valence-corrected chi connectivity index (χ0v) is 8.04. The van der Waals surface area contributed by atoms with Crippen LogP contribution < -0.4 is 5.32 Å². The SMILES string of the molecule is Fc1ccc(CN2CCNCC2)cn1. The molecule has 1 fully saturated rings. The summed E-state index contributed by atoms with van der Waals surface area (Å²) in [6, 6.07) is 3.21. The summed E-state index contributed by atoms with van der Waals surface area (Å²) in [4.78, 5) is 5.97. The maximum Gasteiger partial charge on any atom is 0.212 e. The average molecular weight is 195 g/mol. The minimum atomic E-state index is -0.408. The van der Waals surface area contributed by atoms with Crippen LogP contribution in [-0.2, 0) is 6.54 Å². The predicted octanol–water partition coefficient (Wildman–Crippen LogP) is 0.626. The highest BCUT2D eigenvalue weighted by Gasteiger charge is 2.09. The molecule has 0 radical (unpaired) electrons. The summed E-state index contributed by atoms with van der Waals surface area (Å²) in [6.07, 6.45) is 1.61. The maximum atomic E-state index is 12.5. The van der Waals surface area contributed by atoms with Crippen molar-refractivity contribution < 1.29 is 4.39 Å². The van der Waals surface area contributed by atoms with Crippen molar-refractivity contribution in [1.82, 2.24) is 15.2 Å². The molecule has 2 heterocycles. The Morgan fingerprint density at radius 2 is 2.14 bits per heavy atom. The molecule has 14 heavy (non-hydrogen) atoms. The van der Waals surface area contributed by atoms with Gasteiger partial charge in [0.15, 0.2) is 0 Å². The van der Waals surface area contributed by atoms with E-state index >= 15 is 0 Å². The fourth-order valence-electron chi connectivity index (χ4n) is 1.63. The number of aromatic nitrogens is 1. The summed E-state index contributed by atoms with van der Waals surface area (Å²) in [5, 5.41) is 3.29. The van der Waals surface area contributed by atoms with Crippen LogP contribution in [-0.4, -0.2) is 36.1 Å². The molecule has 1 N–H and O–H groups in total. The Labute approximate surface area is 82.9 Å². The van der Waals surface area contributed by atoms with E-state index in [1.54, 1.807) is 12.3 Å². The molecule has 0 atom stereocenters. The minimum Gasteiger partial charge on any atom is -0.314 e. The molecule has 0 bridgehead atoms. The highest BCUT2D eigenvalue weighted by atomic mass is 19.1. The van der Waals surface area contributed by atoms with Crippen molar-refractivity contribution in [2.45, 2.75) is 6.54 Å². The Balaban J connectivity index is 1.92. The Hall–Kier alpha value is -1.00. The van der Waals surface area contributed by atoms with Crippen LogP contribution in [0.3, 0.4) is 0 Å². The lowest BCUT2D eigenvalue weighted by atomic mass is 10.2. The highest BCUT2D eigenvalue weighted by Crippen LogP contribution is 2.04. The molecule has 76 valence electrons. The van der Waals surface area contributed by atoms with Gasteiger partial charge in [0.25, 0.3) is 0 Å². The van der Waals surface area contributed by atoms with Gasteiger partial charge in [-0.2, -0.15) is 4.39 Å². The number of piperazine rings is 1. The predicted molar refractivity (Wildman–Crippen MR) is 52.3 cm³/mol. The topological polar surface area (TPSA) is 28.2 Å². The van der Waals surface area contributed by atoms with E-state index in [4.69, 9.17) is 0 Å². The van der Waals surface area contributed by atoms with E-state index in [-0.39, 0.29) is 0 Å². The number of pyridine rings is 1. The van der Waals surface area contributed by atoms with Crippen molar-refractivity contribution in [2.75, 3.05) is 26.2 Å². The van der Waals surface area contributed by atoms with E-state index in [2.05, 4.69) is 15.2 Å². The first kappa shape index (κ1) is 9.55. The largest absolute Gasteiger partial charge is 0.314 e. The van der Waals surface area contributed by atoms with E-state index < -0.39 is 5.95 Å². The molecule has 1 saturated heterocycles.